The Morgan fingerprint density at radius 1 is 1.30 bits per heavy atom. The molecule has 20 heavy (non-hydrogen) atoms. The van der Waals surface area contributed by atoms with Gasteiger partial charge in [-0.25, -0.2) is 0 Å². The molecule has 5 heteroatoms. The van der Waals surface area contributed by atoms with Crippen LogP contribution in [0.4, 0.5) is 0 Å². The SMILES string of the molecule is COc1cc([C@@H](N)C2CCCC2)ccc1OC(C)=O.Cl. The second-order valence-electron chi connectivity index (χ2n) is 5.07. The number of hydrogen-bond acceptors (Lipinski definition) is 4. The molecular formula is C15H22ClNO3. The summed E-state index contributed by atoms with van der Waals surface area (Å²) < 4.78 is 10.4. The third-order valence-corrected chi connectivity index (χ3v) is 3.73. The maximum atomic E-state index is 11.0. The zero-order valence-corrected chi connectivity index (χ0v) is 12.7. The van der Waals surface area contributed by atoms with Gasteiger partial charge in [0.25, 0.3) is 0 Å². The van der Waals surface area contributed by atoms with Crippen LogP contribution in [-0.2, 0) is 4.79 Å². The third-order valence-electron chi connectivity index (χ3n) is 3.73. The van der Waals surface area contributed by atoms with E-state index in [0.29, 0.717) is 17.4 Å². The Bertz CT molecular complexity index is 458. The van der Waals surface area contributed by atoms with Crippen LogP contribution in [0.1, 0.15) is 44.2 Å². The monoisotopic (exact) mass is 299 g/mol. The molecule has 1 saturated carbocycles. The van der Waals surface area contributed by atoms with Crippen molar-refractivity contribution in [1.29, 1.82) is 0 Å². The Morgan fingerprint density at radius 2 is 1.95 bits per heavy atom. The number of rotatable bonds is 4. The standard InChI is InChI=1S/C15H21NO3.ClH/c1-10(17)19-13-8-7-12(9-14(13)18-2)15(16)11-5-3-4-6-11;/h7-9,11,15H,3-6,16H2,1-2H3;1H/t15-;/m0./s1. The van der Waals surface area contributed by atoms with Crippen molar-refractivity contribution >= 4 is 18.4 Å². The molecule has 2 N–H and O–H groups in total. The van der Waals surface area contributed by atoms with Crippen LogP contribution in [0, 0.1) is 5.92 Å². The fourth-order valence-electron chi connectivity index (χ4n) is 2.72. The van der Waals surface area contributed by atoms with Gasteiger partial charge in [-0.1, -0.05) is 18.9 Å². The molecule has 1 fully saturated rings. The highest BCUT2D eigenvalue weighted by Crippen LogP contribution is 2.37. The van der Waals surface area contributed by atoms with Crippen molar-refractivity contribution in [2.75, 3.05) is 7.11 Å². The Labute approximate surface area is 126 Å². The quantitative estimate of drug-likeness (QED) is 0.685. The Hall–Kier alpha value is -1.26. The molecule has 0 saturated heterocycles. The lowest BCUT2D eigenvalue weighted by molar-refractivity contribution is -0.132. The predicted molar refractivity (Wildman–Crippen MR) is 80.4 cm³/mol. The fraction of sp³-hybridized carbons (Fsp3) is 0.533. The van der Waals surface area contributed by atoms with E-state index in [2.05, 4.69) is 0 Å². The summed E-state index contributed by atoms with van der Waals surface area (Å²) in [5, 5.41) is 0. The maximum absolute atomic E-state index is 11.0. The number of methoxy groups -OCH3 is 1. The summed E-state index contributed by atoms with van der Waals surface area (Å²) in [7, 11) is 1.56. The maximum Gasteiger partial charge on any atom is 0.308 e. The molecule has 1 aromatic rings. The van der Waals surface area contributed by atoms with Crippen molar-refractivity contribution < 1.29 is 14.3 Å². The lowest BCUT2D eigenvalue weighted by Crippen LogP contribution is -2.19. The van der Waals surface area contributed by atoms with Gasteiger partial charge in [0.15, 0.2) is 11.5 Å². The first-order valence-electron chi connectivity index (χ1n) is 6.73. The molecule has 0 heterocycles. The summed E-state index contributed by atoms with van der Waals surface area (Å²) in [6.45, 7) is 1.37. The Morgan fingerprint density at radius 3 is 2.50 bits per heavy atom. The van der Waals surface area contributed by atoms with Gasteiger partial charge in [0.05, 0.1) is 7.11 Å². The van der Waals surface area contributed by atoms with Crippen molar-refractivity contribution in [2.24, 2.45) is 11.7 Å². The van der Waals surface area contributed by atoms with E-state index in [1.54, 1.807) is 13.2 Å². The van der Waals surface area contributed by atoms with E-state index < -0.39 is 0 Å². The molecule has 112 valence electrons. The zero-order chi connectivity index (χ0) is 13.8. The van der Waals surface area contributed by atoms with Gasteiger partial charge in [0.2, 0.25) is 0 Å². The van der Waals surface area contributed by atoms with Crippen molar-refractivity contribution in [3.8, 4) is 11.5 Å². The average molecular weight is 300 g/mol. The van der Waals surface area contributed by atoms with Crippen molar-refractivity contribution in [3.05, 3.63) is 23.8 Å². The highest BCUT2D eigenvalue weighted by atomic mass is 35.5. The highest BCUT2D eigenvalue weighted by Gasteiger charge is 2.24. The normalized spacial score (nSPS) is 16.4. The van der Waals surface area contributed by atoms with Crippen molar-refractivity contribution in [1.82, 2.24) is 0 Å². The summed E-state index contributed by atoms with van der Waals surface area (Å²) in [5.41, 5.74) is 7.35. The molecule has 0 radical (unpaired) electrons. The predicted octanol–water partition coefficient (Wildman–Crippen LogP) is 3.23. The van der Waals surface area contributed by atoms with Crippen LogP contribution >= 0.6 is 12.4 Å². The van der Waals surface area contributed by atoms with Gasteiger partial charge < -0.3 is 15.2 Å². The molecule has 0 bridgehead atoms. The number of carbonyl (C=O) groups excluding carboxylic acids is 1. The highest BCUT2D eigenvalue weighted by molar-refractivity contribution is 5.85. The number of halogens is 1. The lowest BCUT2D eigenvalue weighted by Gasteiger charge is -2.20. The van der Waals surface area contributed by atoms with Crippen LogP contribution in [0.25, 0.3) is 0 Å². The van der Waals surface area contributed by atoms with Crippen LogP contribution in [0.15, 0.2) is 18.2 Å². The van der Waals surface area contributed by atoms with Gasteiger partial charge in [-0.15, -0.1) is 12.4 Å². The smallest absolute Gasteiger partial charge is 0.308 e. The largest absolute Gasteiger partial charge is 0.493 e. The van der Waals surface area contributed by atoms with Crippen LogP contribution in [0.2, 0.25) is 0 Å². The second-order valence-corrected chi connectivity index (χ2v) is 5.07. The van der Waals surface area contributed by atoms with Crippen LogP contribution in [-0.4, -0.2) is 13.1 Å². The number of ether oxygens (including phenoxy) is 2. The second kappa shape index (κ2) is 7.50. The third kappa shape index (κ3) is 3.87. The number of benzene rings is 1. The van der Waals surface area contributed by atoms with Crippen molar-refractivity contribution in [3.63, 3.8) is 0 Å². The topological polar surface area (TPSA) is 61.6 Å². The summed E-state index contributed by atoms with van der Waals surface area (Å²) in [6, 6.07) is 5.58. The molecule has 2 rings (SSSR count). The van der Waals surface area contributed by atoms with E-state index in [4.69, 9.17) is 15.2 Å². The van der Waals surface area contributed by atoms with Gasteiger partial charge in [-0.3, -0.25) is 4.79 Å². The number of carbonyl (C=O) groups is 1. The lowest BCUT2D eigenvalue weighted by atomic mass is 9.92. The molecule has 4 nitrogen and oxygen atoms in total. The fourth-order valence-corrected chi connectivity index (χ4v) is 2.72. The van der Waals surface area contributed by atoms with Crippen LogP contribution in [0.3, 0.4) is 0 Å². The zero-order valence-electron chi connectivity index (χ0n) is 11.9. The summed E-state index contributed by atoms with van der Waals surface area (Å²) in [5.74, 6) is 1.19. The Kier molecular flexibility index (Phi) is 6.30. The minimum atomic E-state index is -0.355. The molecule has 0 amide bonds. The van der Waals surface area contributed by atoms with E-state index >= 15 is 0 Å². The number of nitrogens with two attached hydrogens (primary N) is 1. The summed E-state index contributed by atoms with van der Waals surface area (Å²) in [6.07, 6.45) is 4.91. The minimum absolute atomic E-state index is 0. The van der Waals surface area contributed by atoms with Crippen LogP contribution in [0.5, 0.6) is 11.5 Å². The molecule has 1 aliphatic rings. The first kappa shape index (κ1) is 16.8. The van der Waals surface area contributed by atoms with Gasteiger partial charge in [0, 0.05) is 13.0 Å². The molecule has 0 aliphatic heterocycles. The van der Waals surface area contributed by atoms with Crippen molar-refractivity contribution in [2.45, 2.75) is 38.6 Å². The molecular weight excluding hydrogens is 278 g/mol. The Balaban J connectivity index is 0.00000200. The van der Waals surface area contributed by atoms with Gasteiger partial charge >= 0.3 is 5.97 Å². The van der Waals surface area contributed by atoms with Gasteiger partial charge in [0.1, 0.15) is 0 Å². The summed E-state index contributed by atoms with van der Waals surface area (Å²) >= 11 is 0. The number of esters is 1. The molecule has 0 unspecified atom stereocenters. The van der Waals surface area contributed by atoms with E-state index in [0.717, 1.165) is 5.56 Å². The van der Waals surface area contributed by atoms with E-state index in [-0.39, 0.29) is 24.4 Å². The molecule has 0 aromatic heterocycles. The number of hydrogen-bond donors (Lipinski definition) is 1. The van der Waals surface area contributed by atoms with Gasteiger partial charge in [-0.05, 0) is 36.5 Å². The molecule has 1 aromatic carbocycles. The van der Waals surface area contributed by atoms with E-state index in [1.807, 2.05) is 12.1 Å². The van der Waals surface area contributed by atoms with Crippen LogP contribution < -0.4 is 15.2 Å². The van der Waals surface area contributed by atoms with E-state index in [1.165, 1.54) is 32.6 Å². The summed E-state index contributed by atoms with van der Waals surface area (Å²) in [4.78, 5) is 11.0. The molecule has 1 aliphatic carbocycles. The molecule has 0 spiro atoms. The first-order valence-corrected chi connectivity index (χ1v) is 6.73. The first-order chi connectivity index (χ1) is 9.11. The van der Waals surface area contributed by atoms with Gasteiger partial charge in [-0.2, -0.15) is 0 Å². The average Bonchev–Trinajstić information content (AvgIpc) is 2.91. The minimum Gasteiger partial charge on any atom is -0.493 e. The molecule has 1 atom stereocenters. The van der Waals surface area contributed by atoms with E-state index in [9.17, 15) is 4.79 Å².